The zero-order valence-corrected chi connectivity index (χ0v) is 14.2. The number of rotatable bonds is 1. The van der Waals surface area contributed by atoms with Gasteiger partial charge >= 0.3 is 0 Å². The molecule has 1 aliphatic rings. The van der Waals surface area contributed by atoms with E-state index in [0.717, 1.165) is 10.1 Å². The van der Waals surface area contributed by atoms with Crippen molar-refractivity contribution < 1.29 is 9.59 Å². The minimum Gasteiger partial charge on any atom is -0.293 e. The van der Waals surface area contributed by atoms with Crippen LogP contribution in [0.1, 0.15) is 31.6 Å². The molecule has 0 spiro atoms. The van der Waals surface area contributed by atoms with Crippen molar-refractivity contribution in [3.05, 3.63) is 87.2 Å². The zero-order valence-electron chi connectivity index (χ0n) is 13.4. The van der Waals surface area contributed by atoms with Crippen LogP contribution in [0.15, 0.2) is 65.5 Å². The Morgan fingerprint density at radius 1 is 0.769 bits per heavy atom. The third kappa shape index (κ3) is 2.01. The molecule has 5 heteroatoms. The molecule has 1 aliphatic carbocycles. The van der Waals surface area contributed by atoms with Gasteiger partial charge in [0.1, 0.15) is 10.9 Å². The highest BCUT2D eigenvalue weighted by Crippen LogP contribution is 2.37. The van der Waals surface area contributed by atoms with Crippen LogP contribution in [-0.4, -0.2) is 16.6 Å². The number of carbonyl (C=O) groups excluding carboxylic acids is 2. The SMILES string of the molecule is O=C1c2cccc3cccc(c23)C(=O)C1c1nc(=O)c2ccccc2s1. The van der Waals surface area contributed by atoms with E-state index in [1.165, 1.54) is 11.3 Å². The first kappa shape index (κ1) is 15.1. The molecule has 0 aliphatic heterocycles. The summed E-state index contributed by atoms with van der Waals surface area (Å²) in [7, 11) is 0. The fourth-order valence-corrected chi connectivity index (χ4v) is 4.66. The number of aromatic nitrogens is 1. The fourth-order valence-electron chi connectivity index (χ4n) is 3.56. The summed E-state index contributed by atoms with van der Waals surface area (Å²) < 4.78 is 0.722. The number of nitrogens with zero attached hydrogens (tertiary/aromatic N) is 1. The average Bonchev–Trinajstić information content (AvgIpc) is 2.66. The van der Waals surface area contributed by atoms with E-state index in [1.54, 1.807) is 30.3 Å². The monoisotopic (exact) mass is 357 g/mol. The van der Waals surface area contributed by atoms with Crippen molar-refractivity contribution in [2.24, 2.45) is 0 Å². The molecule has 0 radical (unpaired) electrons. The standard InChI is InChI=1S/C21H11NO3S/c23-18-13-8-3-5-11-6-4-9-14(16(11)13)19(24)17(18)21-22-20(25)12-7-1-2-10-15(12)26-21/h1-10,17H. The van der Waals surface area contributed by atoms with E-state index < -0.39 is 11.5 Å². The second-order valence-corrected chi connectivity index (χ2v) is 7.29. The van der Waals surface area contributed by atoms with Crippen LogP contribution in [0.25, 0.3) is 20.9 Å². The Balaban J connectivity index is 1.78. The van der Waals surface area contributed by atoms with E-state index in [0.29, 0.717) is 21.9 Å². The minimum atomic E-state index is -1.06. The van der Waals surface area contributed by atoms with Crippen LogP contribution in [0.2, 0.25) is 0 Å². The minimum absolute atomic E-state index is 0.259. The van der Waals surface area contributed by atoms with Gasteiger partial charge in [-0.15, -0.1) is 11.3 Å². The van der Waals surface area contributed by atoms with Crippen LogP contribution < -0.4 is 5.56 Å². The highest BCUT2D eigenvalue weighted by Gasteiger charge is 2.38. The molecule has 0 N–H and O–H groups in total. The van der Waals surface area contributed by atoms with Gasteiger partial charge in [-0.25, -0.2) is 4.98 Å². The first-order valence-corrected chi connectivity index (χ1v) is 8.97. The summed E-state index contributed by atoms with van der Waals surface area (Å²) in [5, 5.41) is 2.31. The molecule has 0 fully saturated rings. The summed E-state index contributed by atoms with van der Waals surface area (Å²) in [5.41, 5.74) is 0.613. The smallest absolute Gasteiger partial charge is 0.279 e. The number of carbonyl (C=O) groups is 2. The molecule has 0 saturated carbocycles. The fraction of sp³-hybridized carbons (Fsp3) is 0.0476. The molecule has 26 heavy (non-hydrogen) atoms. The topological polar surface area (TPSA) is 64.1 Å². The molecule has 0 bridgehead atoms. The molecule has 3 aromatic carbocycles. The van der Waals surface area contributed by atoms with E-state index >= 15 is 0 Å². The van der Waals surface area contributed by atoms with Gasteiger partial charge in [0, 0.05) is 21.2 Å². The van der Waals surface area contributed by atoms with Gasteiger partial charge in [0.15, 0.2) is 11.6 Å². The van der Waals surface area contributed by atoms with Gasteiger partial charge in [-0.3, -0.25) is 14.4 Å². The highest BCUT2D eigenvalue weighted by atomic mass is 32.1. The Kier molecular flexibility index (Phi) is 3.14. The third-order valence-electron chi connectivity index (χ3n) is 4.75. The number of hydrogen-bond acceptors (Lipinski definition) is 5. The number of Topliss-reactive ketones (excluding diaryl/α,β-unsaturated/α-hetero) is 2. The maximum absolute atomic E-state index is 13.1. The summed E-state index contributed by atoms with van der Waals surface area (Å²) in [6.07, 6.45) is 0. The molecule has 5 rings (SSSR count). The molecule has 1 aromatic heterocycles. The second kappa shape index (κ2) is 5.41. The molecule has 124 valence electrons. The van der Waals surface area contributed by atoms with Crippen LogP contribution in [0.3, 0.4) is 0 Å². The van der Waals surface area contributed by atoms with Gasteiger partial charge in [0.2, 0.25) is 0 Å². The van der Waals surface area contributed by atoms with Gasteiger partial charge in [0.25, 0.3) is 5.56 Å². The molecular formula is C21H11NO3S. The van der Waals surface area contributed by atoms with Gasteiger partial charge < -0.3 is 0 Å². The van der Waals surface area contributed by atoms with Gasteiger partial charge in [0.05, 0.1) is 5.39 Å². The quantitative estimate of drug-likeness (QED) is 0.484. The third-order valence-corrected chi connectivity index (χ3v) is 5.86. The van der Waals surface area contributed by atoms with E-state index in [-0.39, 0.29) is 16.6 Å². The van der Waals surface area contributed by atoms with Crippen molar-refractivity contribution in [3.63, 3.8) is 0 Å². The van der Waals surface area contributed by atoms with Crippen LogP contribution >= 0.6 is 11.3 Å². The number of hydrogen-bond donors (Lipinski definition) is 0. The Morgan fingerprint density at radius 2 is 1.42 bits per heavy atom. The average molecular weight is 357 g/mol. The van der Waals surface area contributed by atoms with Gasteiger partial charge in [-0.2, -0.15) is 0 Å². The highest BCUT2D eigenvalue weighted by molar-refractivity contribution is 7.18. The summed E-state index contributed by atoms with van der Waals surface area (Å²) in [5.74, 6) is -1.65. The molecule has 4 aromatic rings. The normalized spacial score (nSPS) is 14.3. The molecule has 0 amide bonds. The summed E-state index contributed by atoms with van der Waals surface area (Å²) in [4.78, 5) is 42.7. The van der Waals surface area contributed by atoms with E-state index in [9.17, 15) is 14.4 Å². The van der Waals surface area contributed by atoms with Gasteiger partial charge in [-0.1, -0.05) is 48.5 Å². The van der Waals surface area contributed by atoms with E-state index in [2.05, 4.69) is 4.98 Å². The Hall–Kier alpha value is -3.18. The molecule has 1 heterocycles. The van der Waals surface area contributed by atoms with Crippen molar-refractivity contribution in [2.45, 2.75) is 5.92 Å². The number of fused-ring (bicyclic) bond motifs is 1. The summed E-state index contributed by atoms with van der Waals surface area (Å²) >= 11 is 1.23. The van der Waals surface area contributed by atoms with E-state index in [1.807, 2.05) is 30.3 Å². The Labute approximate surface area is 151 Å². The predicted molar refractivity (Wildman–Crippen MR) is 101 cm³/mol. The first-order valence-electron chi connectivity index (χ1n) is 8.15. The molecule has 0 atom stereocenters. The maximum Gasteiger partial charge on any atom is 0.279 e. The lowest BCUT2D eigenvalue weighted by atomic mass is 9.80. The van der Waals surface area contributed by atoms with Crippen LogP contribution in [0.5, 0.6) is 0 Å². The number of ketones is 2. The van der Waals surface area contributed by atoms with Crippen molar-refractivity contribution in [2.75, 3.05) is 0 Å². The molecular weight excluding hydrogens is 346 g/mol. The van der Waals surface area contributed by atoms with Gasteiger partial charge in [-0.05, 0) is 17.5 Å². The summed E-state index contributed by atoms with van der Waals surface area (Å²) in [6, 6.07) is 17.9. The number of benzene rings is 3. The lowest BCUT2D eigenvalue weighted by Gasteiger charge is -2.22. The van der Waals surface area contributed by atoms with Crippen molar-refractivity contribution in [3.8, 4) is 0 Å². The molecule has 0 saturated heterocycles. The van der Waals surface area contributed by atoms with Crippen molar-refractivity contribution in [1.82, 2.24) is 4.98 Å². The molecule has 0 unspecified atom stereocenters. The predicted octanol–water partition coefficient (Wildman–Crippen LogP) is 3.97. The largest absolute Gasteiger partial charge is 0.293 e. The van der Waals surface area contributed by atoms with Crippen LogP contribution in [0, 0.1) is 0 Å². The Morgan fingerprint density at radius 3 is 2.12 bits per heavy atom. The van der Waals surface area contributed by atoms with Crippen LogP contribution in [-0.2, 0) is 0 Å². The van der Waals surface area contributed by atoms with Crippen molar-refractivity contribution >= 4 is 43.8 Å². The van der Waals surface area contributed by atoms with Crippen molar-refractivity contribution in [1.29, 1.82) is 0 Å². The second-order valence-electron chi connectivity index (χ2n) is 6.22. The Bertz CT molecular complexity index is 1250. The van der Waals surface area contributed by atoms with E-state index in [4.69, 9.17) is 0 Å². The van der Waals surface area contributed by atoms with Crippen LogP contribution in [0.4, 0.5) is 0 Å². The summed E-state index contributed by atoms with van der Waals surface area (Å²) in [6.45, 7) is 0. The lowest BCUT2D eigenvalue weighted by molar-refractivity contribution is 0.0855. The first-order chi connectivity index (χ1) is 12.6. The lowest BCUT2D eigenvalue weighted by Crippen LogP contribution is -2.29. The maximum atomic E-state index is 13.1. The zero-order chi connectivity index (χ0) is 17.8. The molecule has 4 nitrogen and oxygen atoms in total.